The number of hydrogen-bond donors (Lipinski definition) is 10. The van der Waals surface area contributed by atoms with E-state index >= 15 is 0 Å². The summed E-state index contributed by atoms with van der Waals surface area (Å²) in [6, 6.07) is 0. The number of hydrogen-bond acceptors (Lipinski definition) is 17. The fraction of sp³-hybridized carbons (Fsp3) is 0.972. The molecule has 17 heteroatoms. The van der Waals surface area contributed by atoms with Crippen molar-refractivity contribution in [3.63, 3.8) is 0 Å². The second kappa shape index (κ2) is 88.3. The molecule has 4 aliphatic rings. The normalized spacial score (nSPS) is 19.8. The molecule has 17 nitrogen and oxygen atoms in total. The number of aliphatic hydroxyl groups excluding tert-OH is 8. The van der Waals surface area contributed by atoms with Gasteiger partial charge in [-0.1, -0.05) is 14.9 Å². The maximum atomic E-state index is 8.81. The molecular weight excluding hydrogens is 704 g/mol. The maximum absolute atomic E-state index is 8.81. The summed E-state index contributed by atoms with van der Waals surface area (Å²) in [7, 11) is 4.00. The minimum atomic E-state index is -0.464. The van der Waals surface area contributed by atoms with Crippen LogP contribution in [0.4, 0.5) is 0 Å². The van der Waals surface area contributed by atoms with Gasteiger partial charge in [-0.25, -0.2) is 0 Å². The van der Waals surface area contributed by atoms with E-state index in [1.165, 1.54) is 32.6 Å². The lowest BCUT2D eigenvalue weighted by Crippen LogP contribution is -2.21. The Balaban J connectivity index is -0.0000000501. The fourth-order valence-electron chi connectivity index (χ4n) is 3.50. The number of aldehydes is 1. The van der Waals surface area contributed by atoms with Crippen LogP contribution in [0.1, 0.15) is 127 Å². The summed E-state index contributed by atoms with van der Waals surface area (Å²) in [5.41, 5.74) is 0. The molecule has 0 saturated carbocycles. The summed E-state index contributed by atoms with van der Waals surface area (Å²) in [5.74, 6) is 0. The standard InChI is InChI=1S/2C7H14O2.2C5H10O2.2C2H6O.C2H4O.4CH4O.2CH4.H2O2/c2*1-2-8-7-5-3-4-6-9-7;2*6-5-3-1-2-4-7-5;3*1-2-3;4*1-2;;;1-2/h2*7H,2-6H2,1H3;2*5-6H,1-4H2;2*3H,2H2,1H3;2H,1H3;4*2H,1H3;2*1H4;1-2H. The van der Waals surface area contributed by atoms with Gasteiger partial charge >= 0.3 is 0 Å². The zero-order chi connectivity index (χ0) is 41.4. The Labute approximate surface area is 323 Å². The molecule has 0 spiro atoms. The van der Waals surface area contributed by atoms with Gasteiger partial charge in [0.25, 0.3) is 0 Å². The van der Waals surface area contributed by atoms with Crippen LogP contribution < -0.4 is 0 Å². The van der Waals surface area contributed by atoms with E-state index in [-0.39, 0.29) is 40.6 Å². The molecule has 0 bridgehead atoms. The minimum absolute atomic E-state index is 0. The van der Waals surface area contributed by atoms with Crippen LogP contribution in [-0.2, 0) is 33.2 Å². The predicted octanol–water partition coefficient (Wildman–Crippen LogP) is 4.04. The fourth-order valence-corrected chi connectivity index (χ4v) is 3.50. The highest BCUT2D eigenvalue weighted by Gasteiger charge is 2.13. The van der Waals surface area contributed by atoms with Crippen molar-refractivity contribution in [2.24, 2.45) is 0 Å². The molecule has 0 aromatic rings. The number of aliphatic hydroxyl groups is 8. The van der Waals surface area contributed by atoms with Crippen LogP contribution in [0.15, 0.2) is 0 Å². The van der Waals surface area contributed by atoms with Gasteiger partial charge in [0.15, 0.2) is 25.2 Å². The van der Waals surface area contributed by atoms with Gasteiger partial charge in [0.05, 0.1) is 0 Å². The minimum Gasteiger partial charge on any atom is -0.400 e. The zero-order valence-electron chi connectivity index (χ0n) is 33.4. The van der Waals surface area contributed by atoms with Gasteiger partial charge in [-0.2, -0.15) is 0 Å². The van der Waals surface area contributed by atoms with E-state index in [0.717, 1.165) is 126 Å². The number of ether oxygens (including phenoxy) is 6. The van der Waals surface area contributed by atoms with Crippen molar-refractivity contribution < 1.29 is 84.6 Å². The molecule has 0 amide bonds. The molecule has 10 N–H and O–H groups in total. The topological polar surface area (TPSA) is 275 Å². The summed E-state index contributed by atoms with van der Waals surface area (Å²) in [6.07, 6.45) is 13.2. The lowest BCUT2D eigenvalue weighted by atomic mass is 10.2. The lowest BCUT2D eigenvalue weighted by Gasteiger charge is -2.21. The average Bonchev–Trinajstić information content (AvgIpc) is 3.19. The predicted molar refractivity (Wildman–Crippen MR) is 211 cm³/mol. The quantitative estimate of drug-likeness (QED) is 0.109. The molecular formula is C36H90O17. The van der Waals surface area contributed by atoms with Gasteiger partial charge in [-0.05, 0) is 112 Å². The van der Waals surface area contributed by atoms with Crippen LogP contribution in [0.5, 0.6) is 0 Å². The summed E-state index contributed by atoms with van der Waals surface area (Å²) in [5, 5.41) is 72.5. The van der Waals surface area contributed by atoms with Crippen LogP contribution in [0.3, 0.4) is 0 Å². The van der Waals surface area contributed by atoms with Crippen molar-refractivity contribution in [2.75, 3.05) is 81.3 Å². The third kappa shape index (κ3) is 89.5. The largest absolute Gasteiger partial charge is 0.400 e. The third-order valence-electron chi connectivity index (χ3n) is 5.29. The first-order valence-corrected chi connectivity index (χ1v) is 17.6. The lowest BCUT2D eigenvalue weighted by molar-refractivity contribution is -0.176. The van der Waals surface area contributed by atoms with Crippen molar-refractivity contribution in [3.05, 3.63) is 0 Å². The number of carbonyl (C=O) groups excluding carboxylic acids is 1. The Morgan fingerprint density at radius 3 is 0.830 bits per heavy atom. The molecule has 4 atom stereocenters. The molecule has 4 saturated heterocycles. The Bertz CT molecular complexity index is 418. The zero-order valence-corrected chi connectivity index (χ0v) is 33.4. The van der Waals surface area contributed by atoms with E-state index in [0.29, 0.717) is 0 Å². The summed E-state index contributed by atoms with van der Waals surface area (Å²) >= 11 is 0. The van der Waals surface area contributed by atoms with Crippen LogP contribution in [0.2, 0.25) is 0 Å². The van der Waals surface area contributed by atoms with Gasteiger partial charge in [0.2, 0.25) is 0 Å². The molecule has 4 rings (SSSR count). The first kappa shape index (κ1) is 76.7. The van der Waals surface area contributed by atoms with Crippen LogP contribution in [0.25, 0.3) is 0 Å². The second-order valence-corrected chi connectivity index (χ2v) is 9.01. The number of rotatable bonds is 4. The van der Waals surface area contributed by atoms with Crippen molar-refractivity contribution in [2.45, 2.75) is 152 Å². The van der Waals surface area contributed by atoms with Gasteiger partial charge < -0.3 is 74.1 Å². The van der Waals surface area contributed by atoms with Crippen LogP contribution >= 0.6 is 0 Å². The highest BCUT2D eigenvalue weighted by Crippen LogP contribution is 2.14. The molecule has 0 aliphatic carbocycles. The second-order valence-electron chi connectivity index (χ2n) is 9.01. The van der Waals surface area contributed by atoms with Crippen LogP contribution in [-0.4, -0.2) is 164 Å². The van der Waals surface area contributed by atoms with E-state index in [1.54, 1.807) is 13.8 Å². The van der Waals surface area contributed by atoms with Gasteiger partial charge in [0.1, 0.15) is 6.29 Å². The highest BCUT2D eigenvalue weighted by molar-refractivity contribution is 5.44. The Kier molecular flexibility index (Phi) is 128. The SMILES string of the molecule is C.C.CC=O.CCO.CCO.CCOC1CCCCO1.CCOC1CCCCO1.CO.CO.CO.CO.OC1CCCCO1.OC1CCCCO1.OO. The van der Waals surface area contributed by atoms with E-state index in [4.69, 9.17) is 84.6 Å². The molecule has 53 heavy (non-hydrogen) atoms. The van der Waals surface area contributed by atoms with Gasteiger partial charge in [-0.15, -0.1) is 0 Å². The summed E-state index contributed by atoms with van der Waals surface area (Å²) in [6.45, 7) is 14.1. The summed E-state index contributed by atoms with van der Waals surface area (Å²) < 4.78 is 30.8. The maximum Gasteiger partial charge on any atom is 0.157 e. The molecule has 0 aromatic heterocycles. The Morgan fingerprint density at radius 2 is 0.717 bits per heavy atom. The Hall–Kier alpha value is -0.970. The van der Waals surface area contributed by atoms with E-state index < -0.39 is 12.6 Å². The van der Waals surface area contributed by atoms with E-state index in [1.807, 2.05) is 13.8 Å². The summed E-state index contributed by atoms with van der Waals surface area (Å²) in [4.78, 5) is 8.81. The number of carbonyl (C=O) groups is 1. The molecule has 0 radical (unpaired) electrons. The van der Waals surface area contributed by atoms with Crippen molar-refractivity contribution in [1.29, 1.82) is 0 Å². The molecule has 4 aliphatic heterocycles. The molecule has 4 heterocycles. The Morgan fingerprint density at radius 1 is 0.509 bits per heavy atom. The molecule has 4 fully saturated rings. The first-order chi connectivity index (χ1) is 24.9. The van der Waals surface area contributed by atoms with Gasteiger partial charge in [-0.3, -0.25) is 10.5 Å². The monoisotopic (exact) mass is 795 g/mol. The van der Waals surface area contributed by atoms with E-state index in [9.17, 15) is 0 Å². The van der Waals surface area contributed by atoms with Gasteiger partial charge in [0, 0.05) is 81.3 Å². The molecule has 336 valence electrons. The van der Waals surface area contributed by atoms with Crippen LogP contribution in [0, 0.1) is 0 Å². The highest BCUT2D eigenvalue weighted by atomic mass is 17.0. The average molecular weight is 795 g/mol. The van der Waals surface area contributed by atoms with Crippen molar-refractivity contribution >= 4 is 6.29 Å². The third-order valence-corrected chi connectivity index (χ3v) is 5.29. The van der Waals surface area contributed by atoms with E-state index in [2.05, 4.69) is 0 Å². The molecule has 0 aromatic carbocycles. The van der Waals surface area contributed by atoms with Crippen molar-refractivity contribution in [3.8, 4) is 0 Å². The smallest absolute Gasteiger partial charge is 0.157 e. The first-order valence-electron chi connectivity index (χ1n) is 17.6. The molecule has 4 unspecified atom stereocenters. The van der Waals surface area contributed by atoms with Crippen molar-refractivity contribution in [1.82, 2.24) is 0 Å².